The van der Waals surface area contributed by atoms with Gasteiger partial charge in [-0.2, -0.15) is 0 Å². The zero-order valence-electron chi connectivity index (χ0n) is 8.21. The molecule has 0 aromatic carbocycles. The van der Waals surface area contributed by atoms with Crippen LogP contribution in [0.15, 0.2) is 0 Å². The van der Waals surface area contributed by atoms with Crippen molar-refractivity contribution < 1.29 is 8.78 Å². The second kappa shape index (κ2) is 6.77. The summed E-state index contributed by atoms with van der Waals surface area (Å²) in [5.41, 5.74) is 5.56. The molecule has 1 rings (SSSR count). The van der Waals surface area contributed by atoms with E-state index in [1.807, 2.05) is 11.8 Å². The van der Waals surface area contributed by atoms with Gasteiger partial charge >= 0.3 is 0 Å². The lowest BCUT2D eigenvalue weighted by Gasteiger charge is -2.32. The molecule has 0 aromatic heterocycles. The van der Waals surface area contributed by atoms with Gasteiger partial charge in [0.2, 0.25) is 0 Å². The first-order valence-electron chi connectivity index (χ1n) is 4.35. The van der Waals surface area contributed by atoms with Crippen LogP contribution in [0, 0.1) is 0 Å². The molecule has 0 aromatic rings. The Morgan fingerprint density at radius 3 is 2.07 bits per heavy atom. The lowest BCUT2D eigenvalue weighted by atomic mass is 10.1. The van der Waals surface area contributed by atoms with Crippen LogP contribution >= 0.6 is 24.8 Å². The molecule has 0 aliphatic carbocycles. The molecule has 1 atom stereocenters. The van der Waals surface area contributed by atoms with Gasteiger partial charge in [0.05, 0.1) is 0 Å². The van der Waals surface area contributed by atoms with Gasteiger partial charge in [0.1, 0.15) is 0 Å². The van der Waals surface area contributed by atoms with Crippen molar-refractivity contribution in [3.05, 3.63) is 0 Å². The number of alkyl halides is 2. The summed E-state index contributed by atoms with van der Waals surface area (Å²) >= 11 is 0. The molecule has 0 bridgehead atoms. The van der Waals surface area contributed by atoms with Crippen molar-refractivity contribution in [1.82, 2.24) is 4.90 Å². The van der Waals surface area contributed by atoms with Gasteiger partial charge < -0.3 is 10.6 Å². The van der Waals surface area contributed by atoms with E-state index in [0.29, 0.717) is 13.1 Å². The highest BCUT2D eigenvalue weighted by Crippen LogP contribution is 2.27. The van der Waals surface area contributed by atoms with Gasteiger partial charge in [-0.05, 0) is 6.92 Å². The van der Waals surface area contributed by atoms with Crippen LogP contribution in [-0.4, -0.2) is 36.5 Å². The van der Waals surface area contributed by atoms with E-state index in [4.69, 9.17) is 5.73 Å². The summed E-state index contributed by atoms with van der Waals surface area (Å²) < 4.78 is 25.3. The minimum absolute atomic E-state index is 0. The first kappa shape index (κ1) is 16.8. The number of likely N-dealkylation sites (tertiary alicyclic amines) is 1. The average Bonchev–Trinajstić information content (AvgIpc) is 1.93. The first-order valence-corrected chi connectivity index (χ1v) is 4.35. The van der Waals surface area contributed by atoms with Gasteiger partial charge in [-0.1, -0.05) is 0 Å². The lowest BCUT2D eigenvalue weighted by molar-refractivity contribution is -0.0556. The Hall–Kier alpha value is 0.360. The molecule has 0 amide bonds. The molecule has 1 aliphatic heterocycles. The normalized spacial score (nSPS) is 23.1. The fourth-order valence-electron chi connectivity index (χ4n) is 1.47. The highest BCUT2D eigenvalue weighted by atomic mass is 35.5. The van der Waals surface area contributed by atoms with Crippen LogP contribution in [0.5, 0.6) is 0 Å². The van der Waals surface area contributed by atoms with Gasteiger partial charge in [-0.25, -0.2) is 8.78 Å². The smallest absolute Gasteiger partial charge is 0.250 e. The number of rotatable bonds is 2. The monoisotopic (exact) mass is 250 g/mol. The summed E-state index contributed by atoms with van der Waals surface area (Å²) in [5.74, 6) is -2.44. The van der Waals surface area contributed by atoms with Crippen molar-refractivity contribution in [2.45, 2.75) is 31.7 Å². The van der Waals surface area contributed by atoms with Crippen LogP contribution in [0.2, 0.25) is 0 Å². The van der Waals surface area contributed by atoms with Gasteiger partial charge in [-0.15, -0.1) is 24.8 Å². The Kier molecular flexibility index (Phi) is 8.12. The maximum Gasteiger partial charge on any atom is 0.250 e. The number of nitrogens with zero attached hydrogens (tertiary/aromatic N) is 1. The van der Waals surface area contributed by atoms with Crippen molar-refractivity contribution in [1.29, 1.82) is 0 Å². The van der Waals surface area contributed by atoms with Crippen LogP contribution < -0.4 is 5.73 Å². The Morgan fingerprint density at radius 1 is 1.29 bits per heavy atom. The van der Waals surface area contributed by atoms with Crippen molar-refractivity contribution in [2.24, 2.45) is 5.73 Å². The van der Waals surface area contributed by atoms with E-state index in [1.54, 1.807) is 0 Å². The third-order valence-corrected chi connectivity index (χ3v) is 2.13. The lowest BCUT2D eigenvalue weighted by Crippen LogP contribution is -2.44. The third-order valence-electron chi connectivity index (χ3n) is 2.13. The molecule has 0 saturated carbocycles. The zero-order valence-corrected chi connectivity index (χ0v) is 9.84. The SMILES string of the molecule is CC(N)CN1CCC(F)(F)CC1.Cl.Cl. The summed E-state index contributed by atoms with van der Waals surface area (Å²) in [5, 5.41) is 0. The largest absolute Gasteiger partial charge is 0.327 e. The highest BCUT2D eigenvalue weighted by molar-refractivity contribution is 5.85. The number of piperidine rings is 1. The number of hydrogen-bond donors (Lipinski definition) is 1. The molecule has 0 spiro atoms. The summed E-state index contributed by atoms with van der Waals surface area (Å²) in [6, 6.07) is 0.0803. The molecule has 14 heavy (non-hydrogen) atoms. The molecule has 1 aliphatic rings. The van der Waals surface area contributed by atoms with Crippen molar-refractivity contribution in [3.8, 4) is 0 Å². The van der Waals surface area contributed by atoms with Crippen molar-refractivity contribution in [2.75, 3.05) is 19.6 Å². The topological polar surface area (TPSA) is 29.3 Å². The van der Waals surface area contributed by atoms with E-state index in [2.05, 4.69) is 0 Å². The summed E-state index contributed by atoms with van der Waals surface area (Å²) in [4.78, 5) is 2.00. The standard InChI is InChI=1S/C8H16F2N2.2ClH/c1-7(11)6-12-4-2-8(9,10)3-5-12;;/h7H,2-6,11H2,1H3;2*1H. The van der Waals surface area contributed by atoms with Crippen LogP contribution in [0.1, 0.15) is 19.8 Å². The third kappa shape index (κ3) is 5.96. The fourth-order valence-corrected chi connectivity index (χ4v) is 1.47. The summed E-state index contributed by atoms with van der Waals surface area (Å²) in [6.07, 6.45) is -0.0283. The Labute approximate surface area is 96.0 Å². The molecule has 0 radical (unpaired) electrons. The molecular formula is C8H18Cl2F2N2. The van der Waals surface area contributed by atoms with Gasteiger partial charge in [-0.3, -0.25) is 0 Å². The second-order valence-corrected chi connectivity index (χ2v) is 3.63. The van der Waals surface area contributed by atoms with Crippen LogP contribution in [-0.2, 0) is 0 Å². The molecule has 6 heteroatoms. The highest BCUT2D eigenvalue weighted by Gasteiger charge is 2.33. The molecule has 1 fully saturated rings. The molecule has 1 saturated heterocycles. The molecule has 2 nitrogen and oxygen atoms in total. The van der Waals surface area contributed by atoms with Gasteiger partial charge in [0, 0.05) is 38.5 Å². The van der Waals surface area contributed by atoms with E-state index in [-0.39, 0.29) is 43.7 Å². The molecule has 88 valence electrons. The molecular weight excluding hydrogens is 233 g/mol. The maximum atomic E-state index is 12.7. The fraction of sp³-hybridized carbons (Fsp3) is 1.00. The average molecular weight is 251 g/mol. The predicted octanol–water partition coefficient (Wildman–Crippen LogP) is 1.91. The van der Waals surface area contributed by atoms with Crippen LogP contribution in [0.3, 0.4) is 0 Å². The molecule has 2 N–H and O–H groups in total. The minimum Gasteiger partial charge on any atom is -0.327 e. The number of hydrogen-bond acceptors (Lipinski definition) is 2. The van der Waals surface area contributed by atoms with E-state index in [1.165, 1.54) is 0 Å². The Balaban J connectivity index is 0. The maximum absolute atomic E-state index is 12.7. The summed E-state index contributed by atoms with van der Waals surface area (Å²) in [7, 11) is 0. The van der Waals surface area contributed by atoms with E-state index in [0.717, 1.165) is 6.54 Å². The van der Waals surface area contributed by atoms with Gasteiger partial charge in [0.15, 0.2) is 0 Å². The molecule has 1 unspecified atom stereocenters. The van der Waals surface area contributed by atoms with Crippen LogP contribution in [0.4, 0.5) is 8.78 Å². The van der Waals surface area contributed by atoms with Gasteiger partial charge in [0.25, 0.3) is 5.92 Å². The van der Waals surface area contributed by atoms with Crippen molar-refractivity contribution >= 4 is 24.8 Å². The van der Waals surface area contributed by atoms with Crippen LogP contribution in [0.25, 0.3) is 0 Å². The van der Waals surface area contributed by atoms with E-state index >= 15 is 0 Å². The Bertz CT molecular complexity index is 146. The second-order valence-electron chi connectivity index (χ2n) is 3.63. The Morgan fingerprint density at radius 2 is 1.71 bits per heavy atom. The predicted molar refractivity (Wildman–Crippen MR) is 58.8 cm³/mol. The first-order chi connectivity index (χ1) is 5.49. The van der Waals surface area contributed by atoms with E-state index < -0.39 is 5.92 Å². The summed E-state index contributed by atoms with van der Waals surface area (Å²) in [6.45, 7) is 3.59. The number of halogens is 4. The molecule has 1 heterocycles. The quantitative estimate of drug-likeness (QED) is 0.812. The zero-order chi connectivity index (χ0) is 9.19. The van der Waals surface area contributed by atoms with E-state index in [9.17, 15) is 8.78 Å². The number of nitrogens with two attached hydrogens (primary N) is 1. The van der Waals surface area contributed by atoms with Crippen molar-refractivity contribution in [3.63, 3.8) is 0 Å². The minimum atomic E-state index is -2.44.